The maximum Gasteiger partial charge on any atom is 0.449 e. The van der Waals surface area contributed by atoms with Gasteiger partial charge in [0.2, 0.25) is 11.9 Å². The Morgan fingerprint density at radius 3 is 1.43 bits per heavy atom. The molecule has 474 valence electrons. The number of benzene rings is 3. The molecular weight excluding hydrogens is 1150 g/mol. The van der Waals surface area contributed by atoms with Crippen LogP contribution in [-0.2, 0) is 14.3 Å². The van der Waals surface area contributed by atoms with Gasteiger partial charge in [0.1, 0.15) is 28.7 Å². The Kier molecular flexibility index (Phi) is 32.5. The summed E-state index contributed by atoms with van der Waals surface area (Å²) in [5.41, 5.74) is 6.83. The van der Waals surface area contributed by atoms with E-state index in [2.05, 4.69) is 113 Å². The largest absolute Gasteiger partial charge is 0.449 e. The summed E-state index contributed by atoms with van der Waals surface area (Å²) in [5.74, 6) is 0.593. The summed E-state index contributed by atoms with van der Waals surface area (Å²) in [6.45, 7) is 28.8. The first-order chi connectivity index (χ1) is 41.7. The summed E-state index contributed by atoms with van der Waals surface area (Å²) >= 11 is 5.45. The maximum absolute atomic E-state index is 12.6. The molecule has 23 heteroatoms. The quantitative estimate of drug-likeness (QED) is 0.0674. The molecule has 3 aliphatic heterocycles. The van der Waals surface area contributed by atoms with Crippen molar-refractivity contribution in [3.63, 3.8) is 0 Å². The van der Waals surface area contributed by atoms with Gasteiger partial charge in [-0.3, -0.25) is 4.79 Å². The number of urea groups is 2. The first-order valence-corrected chi connectivity index (χ1v) is 29.7. The molecule has 3 aliphatic rings. The molecule has 88 heavy (non-hydrogen) atoms. The van der Waals surface area contributed by atoms with E-state index >= 15 is 0 Å². The van der Waals surface area contributed by atoms with Crippen LogP contribution in [0.2, 0.25) is 5.15 Å². The lowest BCUT2D eigenvalue weighted by atomic mass is 10.0. The minimum absolute atomic E-state index is 0.000923. The summed E-state index contributed by atoms with van der Waals surface area (Å²) < 4.78 is 37.8. The van der Waals surface area contributed by atoms with E-state index < -0.39 is 17.6 Å². The molecular formula is C65H85ClF3N13O6. The molecule has 0 unspecified atom stereocenters. The first-order valence-electron chi connectivity index (χ1n) is 29.3. The van der Waals surface area contributed by atoms with Crippen molar-refractivity contribution in [3.05, 3.63) is 142 Å². The third-order valence-electron chi connectivity index (χ3n) is 13.3. The normalized spacial score (nSPS) is 14.1. The van der Waals surface area contributed by atoms with Gasteiger partial charge in [0.05, 0.1) is 16.8 Å². The molecule has 0 bridgehead atoms. The van der Waals surface area contributed by atoms with Crippen molar-refractivity contribution in [2.75, 3.05) is 94.1 Å². The number of hydrogen-bond acceptors (Lipinski definition) is 14. The standard InChI is InChI=1S/C21H25N5O.C15H23N3O.C10H20N2O2.C10H11NO.C6H3ClN2.C3H3F3O/c1-16(2)18-5-7-19(8-6-18)24-21(27)26-11-3-10-25(12-13-26)20-9-4-17(14-22)15-23-20;1-12(2)13-4-6-14(7-5-13)17-15(19)18-10-3-8-16-9-11-18;1-10(2,3)14-9(13)12-7-4-5-11-6-8-12;1-8(2)9-3-5-10(6-4-9)11-7-12;7-6-2-1-5(3-8)4-9-6;1-2(7)3(4,5)6/h4-9,15-16H,3,10-13H2,1-2H3,(H,24,27);4-7,12,16H,3,8-11H2,1-2H3,(H,17,19);11H,4-8H2,1-3H3;3-6,8H,1-2H3;1-2,4H;1H3. The van der Waals surface area contributed by atoms with Crippen LogP contribution >= 0.6 is 11.6 Å². The summed E-state index contributed by atoms with van der Waals surface area (Å²) in [7, 11) is 0. The maximum atomic E-state index is 12.6. The van der Waals surface area contributed by atoms with Crippen molar-refractivity contribution in [3.8, 4) is 12.1 Å². The van der Waals surface area contributed by atoms with Crippen molar-refractivity contribution in [2.45, 2.75) is 118 Å². The minimum Gasteiger partial charge on any atom is -0.444 e. The number of nitrogens with zero attached hydrogens (tertiary/aromatic N) is 9. The van der Waals surface area contributed by atoms with Crippen LogP contribution in [0.25, 0.3) is 0 Å². The number of aromatic nitrogens is 2. The second-order valence-corrected chi connectivity index (χ2v) is 22.8. The van der Waals surface area contributed by atoms with E-state index in [4.69, 9.17) is 26.9 Å². The molecule has 5 heterocycles. The number of carbonyl (C=O) groups is 4. The van der Waals surface area contributed by atoms with Gasteiger partial charge >= 0.3 is 24.3 Å². The topological polar surface area (TPSA) is 241 Å². The van der Waals surface area contributed by atoms with Crippen LogP contribution in [0.15, 0.2) is 114 Å². The molecule has 3 saturated heterocycles. The van der Waals surface area contributed by atoms with Crippen LogP contribution in [-0.4, -0.2) is 145 Å². The van der Waals surface area contributed by atoms with E-state index in [0.717, 1.165) is 102 Å². The lowest BCUT2D eigenvalue weighted by Crippen LogP contribution is -2.38. The Balaban J connectivity index is 0.000000293. The Morgan fingerprint density at radius 1 is 0.591 bits per heavy atom. The molecule has 19 nitrogen and oxygen atoms in total. The number of nitrogens with one attached hydrogen (secondary N) is 4. The highest BCUT2D eigenvalue weighted by molar-refractivity contribution is 6.29. The summed E-state index contributed by atoms with van der Waals surface area (Å²) in [5, 5.41) is 30.1. The van der Waals surface area contributed by atoms with Crippen LogP contribution in [0, 0.1) is 22.7 Å². The van der Waals surface area contributed by atoms with E-state index in [1.54, 1.807) is 29.3 Å². The first kappa shape index (κ1) is 73.9. The number of rotatable bonds is 7. The number of ether oxygens (including phenoxy) is 1. The predicted molar refractivity (Wildman–Crippen MR) is 340 cm³/mol. The molecule has 8 rings (SSSR count). The average Bonchev–Trinajstić information content (AvgIpc) is 4.26. The van der Waals surface area contributed by atoms with E-state index in [1.165, 1.54) is 29.0 Å². The molecule has 0 radical (unpaired) electrons. The van der Waals surface area contributed by atoms with Gasteiger partial charge in [-0.15, -0.1) is 0 Å². The predicted octanol–water partition coefficient (Wildman–Crippen LogP) is 13.2. The number of anilines is 3. The van der Waals surface area contributed by atoms with Crippen LogP contribution in [0.5, 0.6) is 0 Å². The van der Waals surface area contributed by atoms with Gasteiger partial charge in [-0.25, -0.2) is 29.1 Å². The zero-order valence-corrected chi connectivity index (χ0v) is 53.0. The van der Waals surface area contributed by atoms with Gasteiger partial charge in [0.15, 0.2) is 0 Å². The average molecular weight is 1240 g/mol. The van der Waals surface area contributed by atoms with Crippen molar-refractivity contribution in [2.24, 2.45) is 4.99 Å². The van der Waals surface area contributed by atoms with Gasteiger partial charge in [-0.2, -0.15) is 28.7 Å². The lowest BCUT2D eigenvalue weighted by Gasteiger charge is -2.26. The fraction of sp³-hybridized carbons (Fsp3) is 0.462. The van der Waals surface area contributed by atoms with Crippen molar-refractivity contribution < 1.29 is 41.9 Å². The van der Waals surface area contributed by atoms with Gasteiger partial charge in [-0.1, -0.05) is 89.5 Å². The highest BCUT2D eigenvalue weighted by atomic mass is 35.5. The van der Waals surface area contributed by atoms with Gasteiger partial charge in [0.25, 0.3) is 0 Å². The molecule has 5 amide bonds. The number of carbonyl (C=O) groups excluding carboxylic acids is 5. The van der Waals surface area contributed by atoms with Gasteiger partial charge < -0.3 is 45.6 Å². The number of hydrogen-bond donors (Lipinski definition) is 4. The molecule has 3 fully saturated rings. The lowest BCUT2D eigenvalue weighted by molar-refractivity contribution is -0.168. The van der Waals surface area contributed by atoms with Gasteiger partial charge in [-0.05, 0) is 148 Å². The smallest absolute Gasteiger partial charge is 0.444 e. The number of isocyanates is 1. The molecule has 2 aromatic heterocycles. The van der Waals surface area contributed by atoms with E-state index in [1.807, 2.05) is 91.2 Å². The van der Waals surface area contributed by atoms with E-state index in [-0.39, 0.29) is 18.2 Å². The minimum atomic E-state index is -4.64. The number of pyridine rings is 2. The van der Waals surface area contributed by atoms with Crippen LogP contribution < -0.4 is 26.2 Å². The van der Waals surface area contributed by atoms with Gasteiger partial charge in [0, 0.05) is 96.1 Å². The van der Waals surface area contributed by atoms with Crippen LogP contribution in [0.1, 0.15) is 134 Å². The molecule has 5 aromatic rings. The molecule has 0 saturated carbocycles. The molecule has 0 spiro atoms. The highest BCUT2D eigenvalue weighted by Crippen LogP contribution is 2.22. The van der Waals surface area contributed by atoms with Crippen LogP contribution in [0.4, 0.5) is 50.4 Å². The molecule has 0 atom stereocenters. The number of nitriles is 2. The van der Waals surface area contributed by atoms with E-state index in [0.29, 0.717) is 59.7 Å². The number of amides is 5. The summed E-state index contributed by atoms with van der Waals surface area (Å²) in [6.07, 6.45) is 2.59. The zero-order valence-electron chi connectivity index (χ0n) is 52.2. The number of ketones is 1. The number of Topliss-reactive ketones (excluding diaryl/α,β-unsaturated/α-hetero) is 1. The number of alkyl halides is 3. The van der Waals surface area contributed by atoms with Crippen molar-refractivity contribution >= 4 is 64.5 Å². The Morgan fingerprint density at radius 2 is 1.02 bits per heavy atom. The SMILES string of the molecule is CC(=O)C(F)(F)F.CC(C)(C)OC(=O)N1CCCNCC1.CC(C)c1ccc(N=C=O)cc1.CC(C)c1ccc(NC(=O)N2CCCN(c3ccc(C#N)cn3)CC2)cc1.CC(C)c1ccc(NC(=O)N2CCCNCC2)cc1.N#Cc1ccc(Cl)nc1. The Hall–Kier alpha value is -8.40. The third kappa shape index (κ3) is 29.3. The Labute approximate surface area is 521 Å². The molecule has 3 aromatic carbocycles. The third-order valence-corrected chi connectivity index (χ3v) is 13.5. The van der Waals surface area contributed by atoms with E-state index in [9.17, 15) is 37.1 Å². The monoisotopic (exact) mass is 1240 g/mol. The summed E-state index contributed by atoms with van der Waals surface area (Å²) in [6, 6.07) is 34.5. The molecule has 4 N–H and O–H groups in total. The molecule has 0 aliphatic carbocycles. The second kappa shape index (κ2) is 38.7. The van der Waals surface area contributed by atoms with Crippen LogP contribution in [0.3, 0.4) is 0 Å². The summed E-state index contributed by atoms with van der Waals surface area (Å²) in [4.78, 5) is 74.8. The van der Waals surface area contributed by atoms with Crippen molar-refractivity contribution in [1.82, 2.24) is 35.3 Å². The number of aliphatic imine (C=N–C) groups is 1. The second-order valence-electron chi connectivity index (χ2n) is 22.4. The zero-order chi connectivity index (χ0) is 65.2. The fourth-order valence-corrected chi connectivity index (χ4v) is 8.24. The number of halogens is 4. The fourth-order valence-electron chi connectivity index (χ4n) is 8.13. The highest BCUT2D eigenvalue weighted by Gasteiger charge is 2.33. The van der Waals surface area contributed by atoms with Crippen molar-refractivity contribution in [1.29, 1.82) is 10.5 Å². The Bertz CT molecular complexity index is 3020.